The third-order valence-corrected chi connectivity index (χ3v) is 10.9. The van der Waals surface area contributed by atoms with Crippen LogP contribution in [0.25, 0.3) is 0 Å². The zero-order valence-electron chi connectivity index (χ0n) is 28.6. The molecule has 258 valence electrons. The summed E-state index contributed by atoms with van der Waals surface area (Å²) in [4.78, 5) is 30.7. The van der Waals surface area contributed by atoms with Crippen LogP contribution in [0.3, 0.4) is 0 Å². The van der Waals surface area contributed by atoms with Crippen LogP contribution in [0, 0.1) is 13.8 Å². The Morgan fingerprint density at radius 3 is 2.18 bits per heavy atom. The van der Waals surface area contributed by atoms with E-state index in [1.54, 1.807) is 24.3 Å². The Bertz CT molecular complexity index is 1840. The van der Waals surface area contributed by atoms with Gasteiger partial charge in [-0.15, -0.1) is 0 Å². The Morgan fingerprint density at radius 1 is 0.857 bits per heavy atom. The normalized spacial score (nSPS) is 13.8. The van der Waals surface area contributed by atoms with Crippen LogP contribution in [0.4, 0.5) is 5.69 Å². The summed E-state index contributed by atoms with van der Waals surface area (Å²) >= 11 is 0. The molecule has 0 spiro atoms. The number of aryl methyl sites for hydroxylation is 2. The van der Waals surface area contributed by atoms with Gasteiger partial charge in [0.1, 0.15) is 24.1 Å². The second-order valence-corrected chi connectivity index (χ2v) is 14.4. The van der Waals surface area contributed by atoms with Crippen molar-refractivity contribution in [2.75, 3.05) is 25.1 Å². The molecule has 9 nitrogen and oxygen atoms in total. The largest absolute Gasteiger partial charge is 0.497 e. The molecule has 4 aromatic rings. The summed E-state index contributed by atoms with van der Waals surface area (Å²) in [5.41, 5.74) is 3.72. The molecule has 0 aromatic heterocycles. The molecule has 2 amide bonds. The lowest BCUT2D eigenvalue weighted by Crippen LogP contribution is -2.54. The Hall–Kier alpha value is -4.83. The SMILES string of the molecule is COc1ccc(OC)c(N(CC(=O)N(Cc2ccccc2C)[C@@H](Cc2ccccc2)C(=O)NC2CCCC2)S(=O)(=O)c2ccc(C)cc2)c1. The molecule has 1 saturated carbocycles. The standard InChI is InChI=1S/C39H45N3O6S/c1-28-18-21-34(22-19-28)49(45,46)42(35-25-33(47-3)20-23-37(35)48-4)27-38(43)41(26-31-15-9-8-12-29(31)2)36(24-30-13-6-5-7-14-30)39(44)40-32-16-10-11-17-32/h5-9,12-15,18-23,25,32,36H,10-11,16-17,24,26-27H2,1-4H3,(H,40,44)/t36-/m0/s1. The fourth-order valence-electron chi connectivity index (χ4n) is 6.23. The Morgan fingerprint density at radius 2 is 1.53 bits per heavy atom. The van der Waals surface area contributed by atoms with Crippen LogP contribution in [-0.4, -0.2) is 58.0 Å². The Balaban J connectivity index is 1.62. The molecule has 0 aliphatic heterocycles. The van der Waals surface area contributed by atoms with Crippen LogP contribution in [0.2, 0.25) is 0 Å². The lowest BCUT2D eigenvalue weighted by Gasteiger charge is -2.35. The maximum Gasteiger partial charge on any atom is 0.264 e. The molecule has 10 heteroatoms. The number of hydrogen-bond acceptors (Lipinski definition) is 6. The molecule has 1 N–H and O–H groups in total. The number of hydrogen-bond donors (Lipinski definition) is 1. The van der Waals surface area contributed by atoms with E-state index in [4.69, 9.17) is 9.47 Å². The average Bonchev–Trinajstić information content (AvgIpc) is 3.62. The monoisotopic (exact) mass is 683 g/mol. The first-order chi connectivity index (χ1) is 23.6. The van der Waals surface area contributed by atoms with Gasteiger partial charge in [0.25, 0.3) is 10.0 Å². The third kappa shape index (κ3) is 8.61. The highest BCUT2D eigenvalue weighted by atomic mass is 32.2. The van der Waals surface area contributed by atoms with Crippen molar-refractivity contribution in [2.45, 2.75) is 69.5 Å². The minimum absolute atomic E-state index is 0.0149. The molecule has 0 unspecified atom stereocenters. The third-order valence-electron chi connectivity index (χ3n) is 9.12. The van der Waals surface area contributed by atoms with E-state index >= 15 is 0 Å². The Labute approximate surface area is 289 Å². The molecule has 0 bridgehead atoms. The highest BCUT2D eigenvalue weighted by Crippen LogP contribution is 2.36. The maximum atomic E-state index is 14.9. The van der Waals surface area contributed by atoms with Crippen LogP contribution in [-0.2, 0) is 32.6 Å². The van der Waals surface area contributed by atoms with E-state index in [-0.39, 0.29) is 41.2 Å². The summed E-state index contributed by atoms with van der Waals surface area (Å²) < 4.78 is 41.1. The number of methoxy groups -OCH3 is 2. The van der Waals surface area contributed by atoms with Crippen molar-refractivity contribution in [2.24, 2.45) is 0 Å². The molecule has 1 aliphatic rings. The second-order valence-electron chi connectivity index (χ2n) is 12.5. The molecule has 1 aliphatic carbocycles. The van der Waals surface area contributed by atoms with Gasteiger partial charge >= 0.3 is 0 Å². The van der Waals surface area contributed by atoms with Crippen molar-refractivity contribution in [3.05, 3.63) is 119 Å². The van der Waals surface area contributed by atoms with Gasteiger partial charge in [-0.3, -0.25) is 13.9 Å². The van der Waals surface area contributed by atoms with Gasteiger partial charge in [0.2, 0.25) is 11.8 Å². The van der Waals surface area contributed by atoms with Crippen molar-refractivity contribution >= 4 is 27.5 Å². The maximum absolute atomic E-state index is 14.9. The Kier molecular flexibility index (Phi) is 11.6. The quantitative estimate of drug-likeness (QED) is 0.169. The van der Waals surface area contributed by atoms with E-state index in [2.05, 4.69) is 5.32 Å². The first kappa shape index (κ1) is 35.5. The summed E-state index contributed by atoms with van der Waals surface area (Å²) in [5.74, 6) is -0.160. The van der Waals surface area contributed by atoms with Gasteiger partial charge in [0.05, 0.1) is 24.8 Å². The van der Waals surface area contributed by atoms with Crippen molar-refractivity contribution in [3.8, 4) is 11.5 Å². The fraction of sp³-hybridized carbons (Fsp3) is 0.333. The fourth-order valence-corrected chi connectivity index (χ4v) is 7.65. The van der Waals surface area contributed by atoms with Crippen LogP contribution in [0.5, 0.6) is 11.5 Å². The van der Waals surface area contributed by atoms with Gasteiger partial charge in [0.15, 0.2) is 0 Å². The van der Waals surface area contributed by atoms with Crippen LogP contribution in [0.15, 0.2) is 102 Å². The lowest BCUT2D eigenvalue weighted by molar-refractivity contribution is -0.140. The zero-order valence-corrected chi connectivity index (χ0v) is 29.4. The lowest BCUT2D eigenvalue weighted by atomic mass is 10.0. The van der Waals surface area contributed by atoms with E-state index in [9.17, 15) is 18.0 Å². The van der Waals surface area contributed by atoms with Crippen molar-refractivity contribution in [1.82, 2.24) is 10.2 Å². The molecule has 5 rings (SSSR count). The molecule has 0 heterocycles. The number of ether oxygens (including phenoxy) is 2. The van der Waals surface area contributed by atoms with Gasteiger partial charge in [-0.25, -0.2) is 8.42 Å². The zero-order chi connectivity index (χ0) is 35.0. The predicted octanol–water partition coefficient (Wildman–Crippen LogP) is 6.21. The van der Waals surface area contributed by atoms with Crippen LogP contribution < -0.4 is 19.1 Å². The highest BCUT2D eigenvalue weighted by Gasteiger charge is 2.36. The number of sulfonamides is 1. The number of rotatable bonds is 14. The molecular weight excluding hydrogens is 639 g/mol. The van der Waals surface area contributed by atoms with E-state index in [1.165, 1.54) is 37.3 Å². The van der Waals surface area contributed by atoms with Crippen molar-refractivity contribution in [1.29, 1.82) is 0 Å². The molecule has 4 aromatic carbocycles. The van der Waals surface area contributed by atoms with Gasteiger partial charge in [-0.2, -0.15) is 0 Å². The number of carbonyl (C=O) groups is 2. The van der Waals surface area contributed by atoms with E-state index in [0.29, 0.717) is 5.75 Å². The van der Waals surface area contributed by atoms with E-state index in [0.717, 1.165) is 52.2 Å². The molecular formula is C39H45N3O6S. The summed E-state index contributed by atoms with van der Waals surface area (Å²) in [6, 6.07) is 27.7. The first-order valence-electron chi connectivity index (χ1n) is 16.6. The molecule has 0 saturated heterocycles. The van der Waals surface area contributed by atoms with Crippen LogP contribution >= 0.6 is 0 Å². The number of benzene rings is 4. The van der Waals surface area contributed by atoms with Crippen molar-refractivity contribution in [3.63, 3.8) is 0 Å². The van der Waals surface area contributed by atoms with Gasteiger partial charge < -0.3 is 19.7 Å². The molecule has 1 atom stereocenters. The van der Waals surface area contributed by atoms with Gasteiger partial charge in [0, 0.05) is 25.1 Å². The second kappa shape index (κ2) is 16.0. The van der Waals surface area contributed by atoms with Gasteiger partial charge in [-0.1, -0.05) is 85.1 Å². The number of nitrogens with zero attached hydrogens (tertiary/aromatic N) is 2. The van der Waals surface area contributed by atoms with Crippen LogP contribution in [0.1, 0.15) is 47.9 Å². The summed E-state index contributed by atoms with van der Waals surface area (Å²) in [5, 5.41) is 3.21. The molecule has 0 radical (unpaired) electrons. The minimum atomic E-state index is -4.31. The van der Waals surface area contributed by atoms with E-state index < -0.39 is 28.5 Å². The highest BCUT2D eigenvalue weighted by molar-refractivity contribution is 7.92. The van der Waals surface area contributed by atoms with Crippen molar-refractivity contribution < 1.29 is 27.5 Å². The summed E-state index contributed by atoms with van der Waals surface area (Å²) in [7, 11) is -1.39. The number of anilines is 1. The minimum Gasteiger partial charge on any atom is -0.497 e. The predicted molar refractivity (Wildman–Crippen MR) is 191 cm³/mol. The van der Waals surface area contributed by atoms with E-state index in [1.807, 2.05) is 68.4 Å². The number of nitrogens with one attached hydrogen (secondary N) is 1. The number of amides is 2. The molecule has 49 heavy (non-hydrogen) atoms. The number of carbonyl (C=O) groups excluding carboxylic acids is 2. The summed E-state index contributed by atoms with van der Waals surface area (Å²) in [6.07, 6.45) is 4.09. The summed E-state index contributed by atoms with van der Waals surface area (Å²) in [6.45, 7) is 3.34. The average molecular weight is 684 g/mol. The molecule has 1 fully saturated rings. The smallest absolute Gasteiger partial charge is 0.264 e. The first-order valence-corrected chi connectivity index (χ1v) is 18.0. The van der Waals surface area contributed by atoms with Gasteiger partial charge in [-0.05, 0) is 67.6 Å². The topological polar surface area (TPSA) is 105 Å².